The highest BCUT2D eigenvalue weighted by Gasteiger charge is 2.04. The van der Waals surface area contributed by atoms with Gasteiger partial charge in [-0.1, -0.05) is 12.2 Å². The molecule has 1 aromatic heterocycles. The van der Waals surface area contributed by atoms with E-state index in [1.807, 2.05) is 14.1 Å². The van der Waals surface area contributed by atoms with Crippen LogP contribution in [0.3, 0.4) is 0 Å². The van der Waals surface area contributed by atoms with Gasteiger partial charge < -0.3 is 5.73 Å². The summed E-state index contributed by atoms with van der Waals surface area (Å²) in [5.41, 5.74) is 5.50. The topological polar surface area (TPSA) is 60.0 Å². The van der Waals surface area contributed by atoms with Crippen LogP contribution in [0.5, 0.6) is 0 Å². The van der Waals surface area contributed by atoms with Crippen LogP contribution in [0, 0.1) is 0 Å². The molecule has 5 nitrogen and oxygen atoms in total. The van der Waals surface area contributed by atoms with Crippen molar-refractivity contribution in [1.29, 1.82) is 0 Å². The molecule has 2 N–H and O–H groups in total. The average molecular weight is 171 g/mol. The van der Waals surface area contributed by atoms with Gasteiger partial charge in [0.25, 0.3) is 0 Å². The lowest BCUT2D eigenvalue weighted by Crippen LogP contribution is -2.27. The lowest BCUT2D eigenvalue weighted by molar-refractivity contribution is 0.646. The van der Waals surface area contributed by atoms with Crippen LogP contribution >= 0.6 is 12.2 Å². The highest BCUT2D eigenvalue weighted by atomic mass is 32.1. The molecule has 0 aliphatic rings. The lowest BCUT2D eigenvalue weighted by atomic mass is 10.7. The van der Waals surface area contributed by atoms with Gasteiger partial charge in [-0.25, -0.2) is 0 Å². The van der Waals surface area contributed by atoms with Crippen molar-refractivity contribution in [3.63, 3.8) is 0 Å². The first kappa shape index (κ1) is 7.93. The largest absolute Gasteiger partial charge is 0.367 e. The van der Waals surface area contributed by atoms with Gasteiger partial charge in [0.2, 0.25) is 5.95 Å². The van der Waals surface area contributed by atoms with Gasteiger partial charge in [0.1, 0.15) is 0 Å². The molecule has 0 unspecified atom stereocenters. The average Bonchev–Trinajstić information content (AvgIpc) is 2.30. The molecule has 0 radical (unpaired) electrons. The third-order valence-electron chi connectivity index (χ3n) is 1.12. The van der Waals surface area contributed by atoms with Gasteiger partial charge in [-0.3, -0.25) is 5.01 Å². The van der Waals surface area contributed by atoms with E-state index in [0.29, 0.717) is 11.8 Å². The second-order valence-corrected chi connectivity index (χ2v) is 2.42. The van der Waals surface area contributed by atoms with Gasteiger partial charge in [0, 0.05) is 19.5 Å². The number of nitrogens with two attached hydrogens (primary N) is 1. The van der Waals surface area contributed by atoms with Crippen LogP contribution in [0.15, 0.2) is 0 Å². The number of thiocarbonyl (C=S) groups is 1. The van der Waals surface area contributed by atoms with Crippen LogP contribution in [-0.4, -0.2) is 34.3 Å². The molecule has 1 rings (SSSR count). The second kappa shape index (κ2) is 2.83. The van der Waals surface area contributed by atoms with E-state index >= 15 is 0 Å². The Balaban J connectivity index is 3.06. The minimum absolute atomic E-state index is 0.339. The molecule has 1 aromatic rings. The SMILES string of the molecule is CN(C)n1nc(C=S)nc1N. The van der Waals surface area contributed by atoms with Gasteiger partial charge in [-0.15, -0.1) is 9.89 Å². The maximum absolute atomic E-state index is 5.50. The zero-order chi connectivity index (χ0) is 8.43. The summed E-state index contributed by atoms with van der Waals surface area (Å²) in [5.74, 6) is 0.803. The van der Waals surface area contributed by atoms with E-state index in [1.54, 1.807) is 5.01 Å². The molecule has 11 heavy (non-hydrogen) atoms. The molecule has 0 bridgehead atoms. The van der Waals surface area contributed by atoms with Crippen LogP contribution in [0.1, 0.15) is 5.82 Å². The predicted molar refractivity (Wildman–Crippen MR) is 47.3 cm³/mol. The first-order valence-corrected chi connectivity index (χ1v) is 3.47. The van der Waals surface area contributed by atoms with E-state index in [9.17, 15) is 0 Å². The Hall–Kier alpha value is -1.17. The maximum Gasteiger partial charge on any atom is 0.239 e. The Bertz CT molecular complexity index is 266. The number of aromatic nitrogens is 3. The molecule has 0 fully saturated rings. The third kappa shape index (κ3) is 1.45. The Morgan fingerprint density at radius 1 is 1.64 bits per heavy atom. The number of hydrogen-bond donors (Lipinski definition) is 1. The molecule has 0 atom stereocenters. The third-order valence-corrected chi connectivity index (χ3v) is 1.33. The Kier molecular flexibility index (Phi) is 2.04. The van der Waals surface area contributed by atoms with Gasteiger partial charge >= 0.3 is 0 Å². The van der Waals surface area contributed by atoms with E-state index in [1.165, 1.54) is 10.2 Å². The normalized spacial score (nSPS) is 9.64. The molecule has 0 amide bonds. The van der Waals surface area contributed by atoms with Crippen LogP contribution < -0.4 is 10.7 Å². The minimum atomic E-state index is 0.339. The van der Waals surface area contributed by atoms with Crippen LogP contribution in [0.2, 0.25) is 0 Å². The molecule has 0 saturated heterocycles. The molecule has 0 aliphatic carbocycles. The fourth-order valence-corrected chi connectivity index (χ4v) is 0.777. The second-order valence-electron chi connectivity index (χ2n) is 2.18. The van der Waals surface area contributed by atoms with Crippen LogP contribution in [0.25, 0.3) is 0 Å². The first-order valence-electron chi connectivity index (χ1n) is 3.00. The van der Waals surface area contributed by atoms with E-state index in [2.05, 4.69) is 22.3 Å². The molecule has 6 heteroatoms. The highest BCUT2D eigenvalue weighted by molar-refractivity contribution is 7.79. The number of hydrogen-bond acceptors (Lipinski definition) is 5. The first-order chi connectivity index (χ1) is 5.15. The predicted octanol–water partition coefficient (Wildman–Crippen LogP) is -0.594. The van der Waals surface area contributed by atoms with Crippen molar-refractivity contribution in [3.8, 4) is 0 Å². The van der Waals surface area contributed by atoms with Gasteiger partial charge in [0.15, 0.2) is 5.82 Å². The molecule has 1 heterocycles. The Morgan fingerprint density at radius 3 is 2.55 bits per heavy atom. The monoisotopic (exact) mass is 171 g/mol. The molecule has 60 valence electrons. The van der Waals surface area contributed by atoms with Crippen LogP contribution in [-0.2, 0) is 0 Å². The van der Waals surface area contributed by atoms with Crippen molar-refractivity contribution in [3.05, 3.63) is 5.82 Å². The number of nitrogen functional groups attached to an aromatic ring is 1. The fraction of sp³-hybridized carbons (Fsp3) is 0.400. The summed E-state index contributed by atoms with van der Waals surface area (Å²) >= 11 is 4.64. The van der Waals surface area contributed by atoms with Crippen molar-refractivity contribution in [1.82, 2.24) is 14.9 Å². The van der Waals surface area contributed by atoms with Crippen LogP contribution in [0.4, 0.5) is 5.95 Å². The summed E-state index contributed by atoms with van der Waals surface area (Å²) in [4.78, 5) is 5.35. The van der Waals surface area contributed by atoms with Gasteiger partial charge in [-0.2, -0.15) is 4.98 Å². The van der Waals surface area contributed by atoms with E-state index < -0.39 is 0 Å². The van der Waals surface area contributed by atoms with Crippen molar-refractivity contribution in [2.75, 3.05) is 24.8 Å². The van der Waals surface area contributed by atoms with Crippen molar-refractivity contribution < 1.29 is 0 Å². The summed E-state index contributed by atoms with van der Waals surface area (Å²) in [6, 6.07) is 0. The van der Waals surface area contributed by atoms with Crippen molar-refractivity contribution in [2.45, 2.75) is 0 Å². The zero-order valence-corrected chi connectivity index (χ0v) is 7.17. The van der Waals surface area contributed by atoms with E-state index in [0.717, 1.165) is 0 Å². The maximum atomic E-state index is 5.50. The quantitative estimate of drug-likeness (QED) is 0.602. The standard InChI is InChI=1S/C5H9N5S/c1-9(2)10-5(6)7-4(3-11)8-10/h3H,1-2H3,(H2,6,7,8). The van der Waals surface area contributed by atoms with E-state index in [4.69, 9.17) is 5.73 Å². The molecule has 0 aliphatic heterocycles. The Labute approximate surface area is 69.8 Å². The minimum Gasteiger partial charge on any atom is -0.367 e. The molecular formula is C5H9N5S. The molecule has 0 aromatic carbocycles. The summed E-state index contributed by atoms with van der Waals surface area (Å²) in [7, 11) is 3.64. The van der Waals surface area contributed by atoms with E-state index in [-0.39, 0.29) is 0 Å². The van der Waals surface area contributed by atoms with Crippen molar-refractivity contribution in [2.24, 2.45) is 0 Å². The zero-order valence-electron chi connectivity index (χ0n) is 6.35. The highest BCUT2D eigenvalue weighted by Crippen LogP contribution is 1.96. The Morgan fingerprint density at radius 2 is 2.27 bits per heavy atom. The summed E-state index contributed by atoms with van der Waals surface area (Å²) in [6.45, 7) is 0. The van der Waals surface area contributed by atoms with Crippen molar-refractivity contribution >= 4 is 23.5 Å². The number of anilines is 1. The number of nitrogens with zero attached hydrogens (tertiary/aromatic N) is 4. The molecule has 0 saturated carbocycles. The lowest BCUT2D eigenvalue weighted by Gasteiger charge is -2.11. The molecule has 0 spiro atoms. The summed E-state index contributed by atoms with van der Waals surface area (Å²) in [5, 5.41) is 7.07. The fourth-order valence-electron chi connectivity index (χ4n) is 0.677. The van der Waals surface area contributed by atoms with Gasteiger partial charge in [-0.05, 0) is 0 Å². The van der Waals surface area contributed by atoms with Gasteiger partial charge in [0.05, 0.1) is 0 Å². The summed E-state index contributed by atoms with van der Waals surface area (Å²) < 4.78 is 0. The smallest absolute Gasteiger partial charge is 0.239 e. The number of rotatable bonds is 2. The molecular weight excluding hydrogens is 162 g/mol. The summed E-state index contributed by atoms with van der Waals surface area (Å²) in [6.07, 6.45) is 0.